The Kier molecular flexibility index (Phi) is 6.76. The standard InChI is InChI=1S/C25H25F6N5O3S/c1-35(11-17-3-2-4-18(26)9-17)24-23-25(33-14-32-24)36(15-34-23)22-10-20(37)21(39-22)13-38-12-16-5-7-19(8-6-16)40(27,28,29,30)31/h2-9,14-15,20-22,37H,10-13H2,1H3/t20-,21+,22+/m0/s1. The number of aliphatic hydroxyl groups is 1. The molecular weight excluding hydrogens is 564 g/mol. The molecule has 0 saturated carbocycles. The zero-order valence-corrected chi connectivity index (χ0v) is 21.8. The van der Waals surface area contributed by atoms with E-state index in [4.69, 9.17) is 9.47 Å². The molecule has 216 valence electrons. The first-order valence-corrected chi connectivity index (χ1v) is 14.0. The van der Waals surface area contributed by atoms with Gasteiger partial charge >= 0.3 is 10.2 Å². The average Bonchev–Trinajstić information content (AvgIpc) is 3.46. The Labute approximate surface area is 224 Å². The SMILES string of the molecule is CN(Cc1cccc(F)c1)c1ncnc2c1ncn2[C@H]1C[C@H](O)[C@@H](COCc2ccc(S(F)(F)(F)(F)F)cc2)O1. The predicted octanol–water partition coefficient (Wildman–Crippen LogP) is 6.12. The van der Waals surface area contributed by atoms with Gasteiger partial charge in [0.25, 0.3) is 0 Å². The lowest BCUT2D eigenvalue weighted by molar-refractivity contribution is -0.0647. The second kappa shape index (κ2) is 9.61. The highest BCUT2D eigenvalue weighted by Gasteiger charge is 2.65. The van der Waals surface area contributed by atoms with Gasteiger partial charge in [0.2, 0.25) is 0 Å². The van der Waals surface area contributed by atoms with Gasteiger partial charge in [-0.25, -0.2) is 19.3 Å². The van der Waals surface area contributed by atoms with Gasteiger partial charge < -0.3 is 19.5 Å². The van der Waals surface area contributed by atoms with Gasteiger partial charge in [-0.2, -0.15) is 0 Å². The summed E-state index contributed by atoms with van der Waals surface area (Å²) in [6.07, 6.45) is 0.752. The van der Waals surface area contributed by atoms with Crippen molar-refractivity contribution in [3.8, 4) is 0 Å². The molecule has 3 heterocycles. The third kappa shape index (κ3) is 6.16. The molecule has 0 unspecified atom stereocenters. The molecule has 0 spiro atoms. The van der Waals surface area contributed by atoms with E-state index in [-0.39, 0.29) is 31.0 Å². The Morgan fingerprint density at radius 1 is 1.05 bits per heavy atom. The molecule has 1 N–H and O–H groups in total. The molecule has 5 rings (SSSR count). The maximum Gasteiger partial charge on any atom is 0.310 e. The first-order valence-electron chi connectivity index (χ1n) is 12.1. The highest BCUT2D eigenvalue weighted by atomic mass is 32.5. The van der Waals surface area contributed by atoms with Crippen LogP contribution in [0.25, 0.3) is 11.2 Å². The normalized spacial score (nSPS) is 21.4. The van der Waals surface area contributed by atoms with Gasteiger partial charge in [-0.3, -0.25) is 4.57 Å². The number of aromatic nitrogens is 4. The van der Waals surface area contributed by atoms with Crippen LogP contribution in [0.3, 0.4) is 0 Å². The van der Waals surface area contributed by atoms with Gasteiger partial charge in [0.05, 0.1) is 25.6 Å². The maximum absolute atomic E-state index is 13.6. The molecule has 0 bridgehead atoms. The number of aliphatic hydroxyl groups excluding tert-OH is 1. The van der Waals surface area contributed by atoms with E-state index in [1.165, 1.54) is 24.8 Å². The molecule has 0 aliphatic carbocycles. The lowest BCUT2D eigenvalue weighted by Gasteiger charge is -2.40. The average molecular weight is 590 g/mol. The number of fused-ring (bicyclic) bond motifs is 1. The lowest BCUT2D eigenvalue weighted by atomic mass is 10.2. The van der Waals surface area contributed by atoms with Crippen LogP contribution < -0.4 is 4.90 Å². The molecule has 40 heavy (non-hydrogen) atoms. The second-order valence-electron chi connectivity index (χ2n) is 9.57. The van der Waals surface area contributed by atoms with E-state index >= 15 is 0 Å². The summed E-state index contributed by atoms with van der Waals surface area (Å²) in [5.41, 5.74) is 1.93. The van der Waals surface area contributed by atoms with Crippen molar-refractivity contribution in [2.75, 3.05) is 18.6 Å². The van der Waals surface area contributed by atoms with Crippen LogP contribution in [-0.2, 0) is 22.6 Å². The summed E-state index contributed by atoms with van der Waals surface area (Å²) in [6.45, 7) is 0.113. The number of nitrogens with zero attached hydrogens (tertiary/aromatic N) is 5. The van der Waals surface area contributed by atoms with E-state index in [9.17, 15) is 28.9 Å². The molecule has 0 radical (unpaired) electrons. The molecule has 15 heteroatoms. The van der Waals surface area contributed by atoms with Crippen molar-refractivity contribution < 1.29 is 38.4 Å². The summed E-state index contributed by atoms with van der Waals surface area (Å²) in [5, 5.41) is 10.5. The monoisotopic (exact) mass is 589 g/mol. The zero-order chi connectivity index (χ0) is 28.8. The highest BCUT2D eigenvalue weighted by Crippen LogP contribution is 3.02. The molecule has 1 saturated heterocycles. The van der Waals surface area contributed by atoms with Crippen LogP contribution in [0.4, 0.5) is 29.6 Å². The van der Waals surface area contributed by atoms with Crippen LogP contribution >= 0.6 is 10.2 Å². The number of halogens is 6. The molecule has 2 aromatic heterocycles. The van der Waals surface area contributed by atoms with Gasteiger partial charge in [0.15, 0.2) is 17.0 Å². The predicted molar refractivity (Wildman–Crippen MR) is 136 cm³/mol. The third-order valence-electron chi connectivity index (χ3n) is 6.44. The molecule has 4 aromatic rings. The largest absolute Gasteiger partial charge is 0.390 e. The van der Waals surface area contributed by atoms with Crippen LogP contribution in [0, 0.1) is 5.82 Å². The molecule has 1 fully saturated rings. The Bertz CT molecular complexity index is 1520. The number of imidazole rings is 1. The van der Waals surface area contributed by atoms with Crippen molar-refractivity contribution in [3.63, 3.8) is 0 Å². The van der Waals surface area contributed by atoms with Gasteiger partial charge in [0, 0.05) is 20.0 Å². The molecule has 1 aliphatic heterocycles. The number of benzene rings is 2. The van der Waals surface area contributed by atoms with E-state index in [0.717, 1.165) is 17.7 Å². The minimum Gasteiger partial charge on any atom is -0.390 e. The maximum atomic E-state index is 13.6. The number of rotatable bonds is 9. The molecular formula is C25H25F6N5O3S. The van der Waals surface area contributed by atoms with E-state index in [2.05, 4.69) is 15.0 Å². The van der Waals surface area contributed by atoms with E-state index in [0.29, 0.717) is 35.7 Å². The summed E-state index contributed by atoms with van der Waals surface area (Å²) < 4.78 is 91.1. The number of ether oxygens (including phenoxy) is 2. The molecule has 8 nitrogen and oxygen atoms in total. The first kappa shape index (κ1) is 28.1. The van der Waals surface area contributed by atoms with Gasteiger partial charge in [-0.15, -0.1) is 0 Å². The Hall–Kier alpha value is -3.40. The molecule has 0 amide bonds. The lowest BCUT2D eigenvalue weighted by Crippen LogP contribution is -2.26. The molecule has 3 atom stereocenters. The van der Waals surface area contributed by atoms with Crippen molar-refractivity contribution in [2.24, 2.45) is 0 Å². The van der Waals surface area contributed by atoms with Crippen LogP contribution in [0.15, 0.2) is 66.1 Å². The van der Waals surface area contributed by atoms with Crippen molar-refractivity contribution in [1.29, 1.82) is 0 Å². The van der Waals surface area contributed by atoms with Crippen LogP contribution in [0.1, 0.15) is 23.8 Å². The Morgan fingerprint density at radius 3 is 2.50 bits per heavy atom. The van der Waals surface area contributed by atoms with Gasteiger partial charge in [-0.1, -0.05) is 43.7 Å². The minimum atomic E-state index is -9.74. The third-order valence-corrected chi connectivity index (χ3v) is 7.61. The Morgan fingerprint density at radius 2 is 1.80 bits per heavy atom. The minimum absolute atomic E-state index is 0.0930. The Balaban J connectivity index is 1.22. The van der Waals surface area contributed by atoms with Crippen LogP contribution in [0.5, 0.6) is 0 Å². The summed E-state index contributed by atoms with van der Waals surface area (Å²) in [7, 11) is -7.95. The van der Waals surface area contributed by atoms with Crippen LogP contribution in [-0.4, -0.2) is 50.5 Å². The second-order valence-corrected chi connectivity index (χ2v) is 12.0. The summed E-state index contributed by atoms with van der Waals surface area (Å²) in [4.78, 5) is 12.9. The highest BCUT2D eigenvalue weighted by molar-refractivity contribution is 8.45. The summed E-state index contributed by atoms with van der Waals surface area (Å²) in [6, 6.07) is 8.70. The number of hydrogen-bond donors (Lipinski definition) is 1. The number of anilines is 1. The summed E-state index contributed by atoms with van der Waals surface area (Å²) >= 11 is 0. The zero-order valence-electron chi connectivity index (χ0n) is 21.0. The van der Waals surface area contributed by atoms with Crippen molar-refractivity contribution >= 4 is 27.2 Å². The van der Waals surface area contributed by atoms with Crippen molar-refractivity contribution in [3.05, 3.63) is 78.1 Å². The molecule has 2 aromatic carbocycles. The topological polar surface area (TPSA) is 85.5 Å². The summed E-state index contributed by atoms with van der Waals surface area (Å²) in [5.74, 6) is 0.172. The van der Waals surface area contributed by atoms with Gasteiger partial charge in [0.1, 0.15) is 29.4 Å². The van der Waals surface area contributed by atoms with Crippen molar-refractivity contribution in [1.82, 2.24) is 19.5 Å². The van der Waals surface area contributed by atoms with E-state index in [1.807, 2.05) is 0 Å². The van der Waals surface area contributed by atoms with Gasteiger partial charge in [-0.05, 0) is 35.4 Å². The van der Waals surface area contributed by atoms with E-state index < -0.39 is 33.6 Å². The fourth-order valence-corrected chi connectivity index (χ4v) is 5.14. The fourth-order valence-electron chi connectivity index (χ4n) is 4.49. The van der Waals surface area contributed by atoms with Crippen LogP contribution in [0.2, 0.25) is 0 Å². The van der Waals surface area contributed by atoms with Crippen molar-refractivity contribution in [2.45, 2.75) is 42.9 Å². The molecule has 1 aliphatic rings. The number of hydrogen-bond acceptors (Lipinski definition) is 7. The smallest absolute Gasteiger partial charge is 0.310 e. The quantitative estimate of drug-likeness (QED) is 0.235. The van der Waals surface area contributed by atoms with E-state index in [1.54, 1.807) is 28.6 Å². The first-order chi connectivity index (χ1) is 18.7. The fraction of sp³-hybridized carbons (Fsp3) is 0.320.